The van der Waals surface area contributed by atoms with E-state index in [0.717, 1.165) is 99.8 Å². The largest absolute Gasteiger partial charge is 0.497 e. The van der Waals surface area contributed by atoms with Crippen molar-refractivity contribution in [1.82, 2.24) is 19.4 Å². The molecule has 2 heterocycles. The van der Waals surface area contributed by atoms with Crippen molar-refractivity contribution in [3.8, 4) is 23.0 Å². The Morgan fingerprint density at radius 1 is 0.922 bits per heavy atom. The molecular weight excluding hydrogens is 646 g/mol. The molecule has 4 aromatic rings. The van der Waals surface area contributed by atoms with Crippen LogP contribution in [0.1, 0.15) is 60.9 Å². The number of methoxy groups -OCH3 is 4. The molecule has 276 valence electrons. The van der Waals surface area contributed by atoms with Gasteiger partial charge in [-0.15, -0.1) is 0 Å². The van der Waals surface area contributed by atoms with E-state index in [-0.39, 0.29) is 11.8 Å². The molecule has 1 aromatic heterocycles. The summed E-state index contributed by atoms with van der Waals surface area (Å²) in [6, 6.07) is 20.3. The number of ether oxygens (including phenoxy) is 5. The van der Waals surface area contributed by atoms with Crippen LogP contribution in [-0.4, -0.2) is 106 Å². The van der Waals surface area contributed by atoms with Crippen LogP contribution in [0.25, 0.3) is 11.0 Å². The average molecular weight is 702 g/mol. The zero-order chi connectivity index (χ0) is 36.2. The fourth-order valence-electron chi connectivity index (χ4n) is 6.90. The van der Waals surface area contributed by atoms with E-state index in [9.17, 15) is 4.79 Å². The number of nitrogens with one attached hydrogen (secondary N) is 1. The number of carbonyl (C=O) groups excluding carboxylic acids is 1. The van der Waals surface area contributed by atoms with Crippen molar-refractivity contribution in [2.75, 3.05) is 80.2 Å². The summed E-state index contributed by atoms with van der Waals surface area (Å²) in [6.07, 6.45) is 4.95. The highest BCUT2D eigenvalue weighted by atomic mass is 16.5. The minimum absolute atomic E-state index is 0.105. The molecular formula is C40H55N5O6. The third kappa shape index (κ3) is 9.65. The predicted molar refractivity (Wildman–Crippen MR) is 202 cm³/mol. The number of amides is 1. The second kappa shape index (κ2) is 18.7. The molecule has 1 atom stereocenters. The molecule has 1 aliphatic rings. The van der Waals surface area contributed by atoms with E-state index in [4.69, 9.17) is 28.7 Å². The molecule has 3 aromatic carbocycles. The number of aryl methyl sites for hydroxylation is 1. The molecule has 1 fully saturated rings. The Morgan fingerprint density at radius 3 is 2.35 bits per heavy atom. The maximum atomic E-state index is 13.8. The number of rotatable bonds is 19. The van der Waals surface area contributed by atoms with Crippen LogP contribution in [0.5, 0.6) is 23.0 Å². The number of likely N-dealkylation sites (tertiary alicyclic amines) is 1. The van der Waals surface area contributed by atoms with Gasteiger partial charge in [-0.1, -0.05) is 31.2 Å². The van der Waals surface area contributed by atoms with Gasteiger partial charge in [0.1, 0.15) is 5.75 Å². The van der Waals surface area contributed by atoms with Crippen LogP contribution >= 0.6 is 0 Å². The number of nitrogens with zero attached hydrogens (tertiary/aromatic N) is 4. The van der Waals surface area contributed by atoms with Gasteiger partial charge >= 0.3 is 0 Å². The highest BCUT2D eigenvalue weighted by Gasteiger charge is 2.25. The lowest BCUT2D eigenvalue weighted by molar-refractivity contribution is 0.0781. The number of piperidine rings is 1. The van der Waals surface area contributed by atoms with Gasteiger partial charge in [0.25, 0.3) is 5.91 Å². The Balaban J connectivity index is 1.22. The van der Waals surface area contributed by atoms with E-state index in [2.05, 4.69) is 52.0 Å². The van der Waals surface area contributed by atoms with Crippen LogP contribution in [0.4, 0.5) is 5.95 Å². The lowest BCUT2D eigenvalue weighted by Gasteiger charge is -2.34. The first-order valence-corrected chi connectivity index (χ1v) is 18.1. The maximum Gasteiger partial charge on any atom is 0.253 e. The van der Waals surface area contributed by atoms with Crippen LogP contribution in [-0.2, 0) is 11.3 Å². The standard InChI is InChI=1S/C40H55N5O6/c1-7-23-51-24-11-19-45-35-15-9-8-14-34(35)42-40(45)41-32-17-21-44(22-18-32)20-16-30(29-12-10-13-33(25-29)47-3)28-43(2)39(46)31-26-36(48-4)38(50-6)37(27-31)49-5/h8-10,12-15,25-27,30,32H,7,11,16-24,28H2,1-6H3,(H,41,42). The van der Waals surface area contributed by atoms with Crippen LogP contribution in [0.2, 0.25) is 0 Å². The fraction of sp³-hybridized carbons (Fsp3) is 0.500. The van der Waals surface area contributed by atoms with Crippen molar-refractivity contribution in [3.05, 3.63) is 71.8 Å². The Labute approximate surface area is 302 Å². The predicted octanol–water partition coefficient (Wildman–Crippen LogP) is 6.71. The molecule has 5 rings (SSSR count). The van der Waals surface area contributed by atoms with Crippen LogP contribution in [0.15, 0.2) is 60.7 Å². The summed E-state index contributed by atoms with van der Waals surface area (Å²) in [5.41, 5.74) is 3.80. The van der Waals surface area contributed by atoms with E-state index in [1.165, 1.54) is 0 Å². The summed E-state index contributed by atoms with van der Waals surface area (Å²) in [5, 5.41) is 3.79. The first kappa shape index (κ1) is 37.8. The van der Waals surface area contributed by atoms with Gasteiger partial charge in [0.2, 0.25) is 11.7 Å². The van der Waals surface area contributed by atoms with Crippen LogP contribution in [0.3, 0.4) is 0 Å². The number of hydrogen-bond donors (Lipinski definition) is 1. The lowest BCUT2D eigenvalue weighted by Crippen LogP contribution is -2.40. The molecule has 1 unspecified atom stereocenters. The molecule has 0 spiro atoms. The molecule has 0 saturated carbocycles. The van der Waals surface area contributed by atoms with Crippen molar-refractivity contribution >= 4 is 22.9 Å². The van der Waals surface area contributed by atoms with Crippen molar-refractivity contribution in [2.24, 2.45) is 0 Å². The molecule has 1 saturated heterocycles. The zero-order valence-corrected chi connectivity index (χ0v) is 31.2. The number of benzene rings is 3. The van der Waals surface area contributed by atoms with Gasteiger partial charge in [-0.05, 0) is 80.6 Å². The van der Waals surface area contributed by atoms with Crippen molar-refractivity contribution in [3.63, 3.8) is 0 Å². The summed E-state index contributed by atoms with van der Waals surface area (Å²) in [4.78, 5) is 23.1. The van der Waals surface area contributed by atoms with Crippen molar-refractivity contribution < 1.29 is 28.5 Å². The SMILES string of the molecule is CCCOCCCn1c(NC2CCN(CCC(CN(C)C(=O)c3cc(OC)c(OC)c(OC)c3)c3cccc(OC)c3)CC2)nc2ccccc21. The number of anilines is 1. The first-order valence-electron chi connectivity index (χ1n) is 18.1. The van der Waals surface area contributed by atoms with Crippen molar-refractivity contribution in [2.45, 2.75) is 57.5 Å². The number of aromatic nitrogens is 2. The third-order valence-electron chi connectivity index (χ3n) is 9.71. The van der Waals surface area contributed by atoms with E-state index in [0.29, 0.717) is 35.4 Å². The molecule has 0 radical (unpaired) electrons. The Hall–Kier alpha value is -4.48. The van der Waals surface area contributed by atoms with Crippen LogP contribution < -0.4 is 24.3 Å². The van der Waals surface area contributed by atoms with Gasteiger partial charge in [-0.25, -0.2) is 4.98 Å². The Morgan fingerprint density at radius 2 is 1.67 bits per heavy atom. The average Bonchev–Trinajstić information content (AvgIpc) is 3.52. The topological polar surface area (TPSA) is 99.6 Å². The number of imidazole rings is 1. The summed E-state index contributed by atoms with van der Waals surface area (Å²) >= 11 is 0. The van der Waals surface area contributed by atoms with Crippen LogP contribution in [0, 0.1) is 0 Å². The van der Waals surface area contributed by atoms with Gasteiger partial charge in [-0.2, -0.15) is 0 Å². The van der Waals surface area contributed by atoms with Crippen molar-refractivity contribution in [1.29, 1.82) is 0 Å². The van der Waals surface area contributed by atoms with Gasteiger partial charge < -0.3 is 43.4 Å². The maximum absolute atomic E-state index is 13.8. The highest BCUT2D eigenvalue weighted by Crippen LogP contribution is 2.38. The second-order valence-corrected chi connectivity index (χ2v) is 13.2. The summed E-state index contributed by atoms with van der Waals surface area (Å²) in [7, 11) is 8.19. The molecule has 1 N–H and O–H groups in total. The molecule has 0 bridgehead atoms. The normalized spacial score (nSPS) is 14.3. The quantitative estimate of drug-likeness (QED) is 0.107. The van der Waals surface area contributed by atoms with E-state index in [1.54, 1.807) is 45.5 Å². The molecule has 11 heteroatoms. The number of fused-ring (bicyclic) bond motifs is 1. The van der Waals surface area contributed by atoms with Gasteiger partial charge in [0.15, 0.2) is 11.5 Å². The lowest BCUT2D eigenvalue weighted by atomic mass is 9.93. The minimum atomic E-state index is -0.117. The molecule has 1 amide bonds. The summed E-state index contributed by atoms with van der Waals surface area (Å²) in [6.45, 7) is 8.02. The smallest absolute Gasteiger partial charge is 0.253 e. The molecule has 1 aliphatic heterocycles. The second-order valence-electron chi connectivity index (χ2n) is 13.2. The third-order valence-corrected chi connectivity index (χ3v) is 9.71. The minimum Gasteiger partial charge on any atom is -0.497 e. The Kier molecular flexibility index (Phi) is 13.8. The number of hydrogen-bond acceptors (Lipinski definition) is 9. The number of likely N-dealkylation sites (N-methyl/N-ethyl adjacent to an activating group) is 1. The summed E-state index contributed by atoms with van der Waals surface area (Å²) < 4.78 is 30.1. The molecule has 11 nitrogen and oxygen atoms in total. The van der Waals surface area contributed by atoms with E-state index in [1.807, 2.05) is 25.2 Å². The zero-order valence-electron chi connectivity index (χ0n) is 31.2. The van der Waals surface area contributed by atoms with Gasteiger partial charge in [-0.3, -0.25) is 4.79 Å². The van der Waals surface area contributed by atoms with Gasteiger partial charge in [0, 0.05) is 64.0 Å². The summed E-state index contributed by atoms with van der Waals surface area (Å²) in [5.74, 6) is 3.10. The Bertz CT molecular complexity index is 1680. The van der Waals surface area contributed by atoms with E-state index >= 15 is 0 Å². The number of para-hydroxylation sites is 2. The first-order chi connectivity index (χ1) is 24.9. The van der Waals surface area contributed by atoms with Gasteiger partial charge in [0.05, 0.1) is 39.5 Å². The van der Waals surface area contributed by atoms with E-state index < -0.39 is 0 Å². The molecule has 0 aliphatic carbocycles. The fourth-order valence-corrected chi connectivity index (χ4v) is 6.90. The molecule has 51 heavy (non-hydrogen) atoms. The number of carbonyl (C=O) groups is 1. The highest BCUT2D eigenvalue weighted by molar-refractivity contribution is 5.95. The monoisotopic (exact) mass is 701 g/mol.